The molecule has 1 amide bonds. The van der Waals surface area contributed by atoms with Crippen molar-refractivity contribution in [3.05, 3.63) is 41.7 Å². The Hall–Kier alpha value is -2.83. The molecular formula is C16H18N2O5. The number of rotatable bonds is 6. The first-order valence-corrected chi connectivity index (χ1v) is 7.07. The summed E-state index contributed by atoms with van der Waals surface area (Å²) in [4.78, 5) is 23.6. The molecule has 0 aliphatic rings. The van der Waals surface area contributed by atoms with Gasteiger partial charge in [0.15, 0.2) is 18.5 Å². The number of hydrogen-bond acceptors (Lipinski definition) is 6. The molecule has 2 aromatic rings. The second kappa shape index (κ2) is 7.44. The Balaban J connectivity index is 1.77. The van der Waals surface area contributed by atoms with Gasteiger partial charge in [0, 0.05) is 6.07 Å². The third-order valence-electron chi connectivity index (χ3n) is 2.93. The number of anilines is 1. The highest BCUT2D eigenvalue weighted by molar-refractivity contribution is 5.94. The van der Waals surface area contributed by atoms with Gasteiger partial charge >= 0.3 is 5.97 Å². The van der Waals surface area contributed by atoms with Gasteiger partial charge in [0.25, 0.3) is 5.91 Å². The number of ether oxygens (including phenoxy) is 2. The second-order valence-corrected chi connectivity index (χ2v) is 5.05. The van der Waals surface area contributed by atoms with Gasteiger partial charge in [-0.05, 0) is 32.9 Å². The molecule has 7 heteroatoms. The lowest BCUT2D eigenvalue weighted by molar-refractivity contribution is -0.155. The molecule has 1 atom stereocenters. The number of esters is 1. The lowest BCUT2D eigenvalue weighted by Gasteiger charge is -2.12. The maximum atomic E-state index is 11.9. The summed E-state index contributed by atoms with van der Waals surface area (Å²) in [6.07, 6.45) is -0.971. The van der Waals surface area contributed by atoms with Crippen LogP contribution in [-0.4, -0.2) is 29.7 Å². The number of carbonyl (C=O) groups is 2. The number of aromatic nitrogens is 1. The summed E-state index contributed by atoms with van der Waals surface area (Å²) >= 11 is 0. The number of hydrogen-bond donors (Lipinski definition) is 1. The van der Waals surface area contributed by atoms with Gasteiger partial charge in [-0.1, -0.05) is 22.9 Å². The van der Waals surface area contributed by atoms with Gasteiger partial charge in [0.05, 0.1) is 0 Å². The largest absolute Gasteiger partial charge is 0.482 e. The van der Waals surface area contributed by atoms with E-state index in [1.54, 1.807) is 25.1 Å². The van der Waals surface area contributed by atoms with Crippen LogP contribution >= 0.6 is 0 Å². The summed E-state index contributed by atoms with van der Waals surface area (Å²) in [5.74, 6) is 0.261. The highest BCUT2D eigenvalue weighted by Crippen LogP contribution is 2.12. The van der Waals surface area contributed by atoms with Crippen LogP contribution in [0.5, 0.6) is 5.75 Å². The topological polar surface area (TPSA) is 90.7 Å². The molecule has 0 aliphatic heterocycles. The molecule has 122 valence electrons. The van der Waals surface area contributed by atoms with Crippen molar-refractivity contribution in [1.82, 2.24) is 5.16 Å². The van der Waals surface area contributed by atoms with Crippen molar-refractivity contribution in [2.45, 2.75) is 26.9 Å². The SMILES string of the molecule is Cc1ccc(OCC(=O)O[C@@H](C)C(=O)Nc2cc(C)on2)cc1. The molecule has 0 saturated carbocycles. The smallest absolute Gasteiger partial charge is 0.344 e. The van der Waals surface area contributed by atoms with Crippen molar-refractivity contribution < 1.29 is 23.6 Å². The minimum atomic E-state index is -0.971. The van der Waals surface area contributed by atoms with Crippen molar-refractivity contribution in [1.29, 1.82) is 0 Å². The second-order valence-electron chi connectivity index (χ2n) is 5.05. The molecule has 0 saturated heterocycles. The molecule has 23 heavy (non-hydrogen) atoms. The van der Waals surface area contributed by atoms with Gasteiger partial charge in [-0.3, -0.25) is 4.79 Å². The fourth-order valence-corrected chi connectivity index (χ4v) is 1.71. The van der Waals surface area contributed by atoms with Gasteiger partial charge in [0.1, 0.15) is 11.5 Å². The van der Waals surface area contributed by atoms with E-state index in [2.05, 4.69) is 10.5 Å². The number of amides is 1. The average molecular weight is 318 g/mol. The Morgan fingerprint density at radius 2 is 1.96 bits per heavy atom. The molecule has 0 spiro atoms. The maximum Gasteiger partial charge on any atom is 0.344 e. The predicted molar refractivity (Wildman–Crippen MR) is 82.1 cm³/mol. The molecule has 0 bridgehead atoms. The summed E-state index contributed by atoms with van der Waals surface area (Å²) in [6, 6.07) is 8.82. The van der Waals surface area contributed by atoms with Crippen molar-refractivity contribution in [2.75, 3.05) is 11.9 Å². The molecule has 2 rings (SSSR count). The van der Waals surface area contributed by atoms with E-state index in [4.69, 9.17) is 14.0 Å². The molecule has 0 unspecified atom stereocenters. The maximum absolute atomic E-state index is 11.9. The van der Waals surface area contributed by atoms with Crippen molar-refractivity contribution in [2.24, 2.45) is 0 Å². The standard InChI is InChI=1S/C16H18N2O5/c1-10-4-6-13(7-5-10)21-9-15(19)22-12(3)16(20)17-14-8-11(2)23-18-14/h4-8,12H,9H2,1-3H3,(H,17,18,20)/t12-/m0/s1. The van der Waals surface area contributed by atoms with Crippen LogP contribution in [0.3, 0.4) is 0 Å². The molecule has 0 fully saturated rings. The summed E-state index contributed by atoms with van der Waals surface area (Å²) in [5, 5.41) is 6.11. The minimum Gasteiger partial charge on any atom is -0.482 e. The first-order chi connectivity index (χ1) is 10.9. The van der Waals surface area contributed by atoms with E-state index in [0.29, 0.717) is 11.5 Å². The van der Waals surface area contributed by atoms with Gasteiger partial charge in [-0.25, -0.2) is 4.79 Å². The lowest BCUT2D eigenvalue weighted by Crippen LogP contribution is -2.31. The number of aryl methyl sites for hydroxylation is 2. The van der Waals surface area contributed by atoms with E-state index < -0.39 is 18.0 Å². The van der Waals surface area contributed by atoms with Crippen molar-refractivity contribution >= 4 is 17.7 Å². The van der Waals surface area contributed by atoms with Crippen LogP contribution in [0.15, 0.2) is 34.9 Å². The zero-order valence-corrected chi connectivity index (χ0v) is 13.2. The monoisotopic (exact) mass is 318 g/mol. The summed E-state index contributed by atoms with van der Waals surface area (Å²) in [6.45, 7) is 4.85. The normalized spacial score (nSPS) is 11.6. The Morgan fingerprint density at radius 3 is 2.57 bits per heavy atom. The zero-order chi connectivity index (χ0) is 16.8. The molecule has 7 nitrogen and oxygen atoms in total. The molecular weight excluding hydrogens is 300 g/mol. The minimum absolute atomic E-state index is 0.270. The number of benzene rings is 1. The fourth-order valence-electron chi connectivity index (χ4n) is 1.71. The Morgan fingerprint density at radius 1 is 1.26 bits per heavy atom. The van der Waals surface area contributed by atoms with Crippen molar-refractivity contribution in [3.63, 3.8) is 0 Å². The van der Waals surface area contributed by atoms with Gasteiger partial charge in [-0.2, -0.15) is 0 Å². The van der Waals surface area contributed by atoms with E-state index in [0.717, 1.165) is 5.56 Å². The van der Waals surface area contributed by atoms with Crippen LogP contribution in [0.4, 0.5) is 5.82 Å². The molecule has 1 N–H and O–H groups in total. The molecule has 0 aliphatic carbocycles. The highest BCUT2D eigenvalue weighted by Gasteiger charge is 2.19. The molecule has 1 aromatic heterocycles. The fraction of sp³-hybridized carbons (Fsp3) is 0.312. The quantitative estimate of drug-likeness (QED) is 0.821. The zero-order valence-electron chi connectivity index (χ0n) is 13.2. The van der Waals surface area contributed by atoms with E-state index >= 15 is 0 Å². The third kappa shape index (κ3) is 5.14. The van der Waals surface area contributed by atoms with Crippen LogP contribution in [0.1, 0.15) is 18.2 Å². The first kappa shape index (κ1) is 16.5. The van der Waals surface area contributed by atoms with Gasteiger partial charge in [-0.15, -0.1) is 0 Å². The average Bonchev–Trinajstić information content (AvgIpc) is 2.91. The third-order valence-corrected chi connectivity index (χ3v) is 2.93. The molecule has 0 radical (unpaired) electrons. The molecule has 1 aromatic carbocycles. The Bertz CT molecular complexity index is 678. The van der Waals surface area contributed by atoms with Crippen LogP contribution in [0.2, 0.25) is 0 Å². The van der Waals surface area contributed by atoms with Crippen molar-refractivity contribution in [3.8, 4) is 5.75 Å². The van der Waals surface area contributed by atoms with E-state index in [9.17, 15) is 9.59 Å². The van der Waals surface area contributed by atoms with Crippen LogP contribution in [0, 0.1) is 13.8 Å². The summed E-state index contributed by atoms with van der Waals surface area (Å²) in [5.41, 5.74) is 1.09. The number of carbonyl (C=O) groups excluding carboxylic acids is 2. The Labute approximate surface area is 133 Å². The number of nitrogens with zero attached hydrogens (tertiary/aromatic N) is 1. The predicted octanol–water partition coefficient (Wildman–Crippen LogP) is 2.24. The summed E-state index contributed by atoms with van der Waals surface area (Å²) in [7, 11) is 0. The molecule has 1 heterocycles. The highest BCUT2D eigenvalue weighted by atomic mass is 16.6. The van der Waals surface area contributed by atoms with Gasteiger partial charge in [0.2, 0.25) is 0 Å². The lowest BCUT2D eigenvalue weighted by atomic mass is 10.2. The van der Waals surface area contributed by atoms with Crippen LogP contribution in [-0.2, 0) is 14.3 Å². The van der Waals surface area contributed by atoms with Crippen LogP contribution in [0.25, 0.3) is 0 Å². The van der Waals surface area contributed by atoms with Crippen LogP contribution < -0.4 is 10.1 Å². The number of nitrogens with one attached hydrogen (secondary N) is 1. The first-order valence-electron chi connectivity index (χ1n) is 7.07. The Kier molecular flexibility index (Phi) is 5.35. The van der Waals surface area contributed by atoms with E-state index in [-0.39, 0.29) is 12.4 Å². The summed E-state index contributed by atoms with van der Waals surface area (Å²) < 4.78 is 15.1. The van der Waals surface area contributed by atoms with E-state index in [1.165, 1.54) is 6.92 Å². The van der Waals surface area contributed by atoms with Gasteiger partial charge < -0.3 is 19.3 Å². The van der Waals surface area contributed by atoms with E-state index in [1.807, 2.05) is 19.1 Å².